The first-order valence-electron chi connectivity index (χ1n) is 6.98. The fourth-order valence-electron chi connectivity index (χ4n) is 1.98. The van der Waals surface area contributed by atoms with Crippen LogP contribution >= 0.6 is 0 Å². The van der Waals surface area contributed by atoms with Gasteiger partial charge in [-0.05, 0) is 24.5 Å². The van der Waals surface area contributed by atoms with E-state index in [1.807, 2.05) is 0 Å². The summed E-state index contributed by atoms with van der Waals surface area (Å²) in [6.07, 6.45) is 4.93. The Bertz CT molecular complexity index is 459. The molecule has 1 aromatic carbocycles. The van der Waals surface area contributed by atoms with Crippen LogP contribution in [0, 0.1) is 16.0 Å². The number of carbonyl (C=O) groups is 1. The highest BCUT2D eigenvalue weighted by molar-refractivity contribution is 5.76. The Hall–Kier alpha value is -1.91. The van der Waals surface area contributed by atoms with Crippen LogP contribution in [0.1, 0.15) is 49.9 Å². The number of ether oxygens (including phenoxy) is 1. The summed E-state index contributed by atoms with van der Waals surface area (Å²) in [5.74, 6) is 0.559. The van der Waals surface area contributed by atoms with E-state index in [0.717, 1.165) is 25.7 Å². The third kappa shape index (κ3) is 4.64. The molecule has 0 amide bonds. The van der Waals surface area contributed by atoms with Gasteiger partial charge >= 0.3 is 5.69 Å². The summed E-state index contributed by atoms with van der Waals surface area (Å²) in [6, 6.07) is 4.16. The SMILES string of the molecule is CCCCC(CC)COc1cc(C=O)ccc1[N+](=O)[O-]. The summed E-state index contributed by atoms with van der Waals surface area (Å²) < 4.78 is 5.59. The van der Waals surface area contributed by atoms with Gasteiger partial charge in [0, 0.05) is 11.6 Å². The minimum Gasteiger partial charge on any atom is -0.487 e. The monoisotopic (exact) mass is 279 g/mol. The van der Waals surface area contributed by atoms with Crippen molar-refractivity contribution in [1.29, 1.82) is 0 Å². The Labute approximate surface area is 119 Å². The number of benzene rings is 1. The number of carbonyl (C=O) groups excluding carboxylic acids is 1. The lowest BCUT2D eigenvalue weighted by Gasteiger charge is -2.15. The summed E-state index contributed by atoms with van der Waals surface area (Å²) in [5.41, 5.74) is 0.285. The molecule has 0 aliphatic rings. The third-order valence-electron chi connectivity index (χ3n) is 3.33. The second kappa shape index (κ2) is 8.30. The molecule has 1 rings (SSSR count). The van der Waals surface area contributed by atoms with Gasteiger partial charge in [0.2, 0.25) is 0 Å². The van der Waals surface area contributed by atoms with Gasteiger partial charge in [0.1, 0.15) is 6.29 Å². The molecule has 0 aliphatic carbocycles. The smallest absolute Gasteiger partial charge is 0.310 e. The summed E-state index contributed by atoms with van der Waals surface area (Å²) >= 11 is 0. The van der Waals surface area contributed by atoms with Crippen molar-refractivity contribution in [3.63, 3.8) is 0 Å². The number of rotatable bonds is 9. The molecule has 0 heterocycles. The molecular weight excluding hydrogens is 258 g/mol. The molecule has 0 N–H and O–H groups in total. The van der Waals surface area contributed by atoms with Crippen molar-refractivity contribution in [3.05, 3.63) is 33.9 Å². The number of aldehydes is 1. The van der Waals surface area contributed by atoms with Gasteiger partial charge in [-0.3, -0.25) is 14.9 Å². The van der Waals surface area contributed by atoms with Gasteiger partial charge in [0.25, 0.3) is 0 Å². The summed E-state index contributed by atoms with van der Waals surface area (Å²) in [7, 11) is 0. The predicted molar refractivity (Wildman–Crippen MR) is 77.3 cm³/mol. The maximum absolute atomic E-state index is 10.9. The van der Waals surface area contributed by atoms with Gasteiger partial charge in [0.05, 0.1) is 11.5 Å². The molecule has 1 atom stereocenters. The van der Waals surface area contributed by atoms with Gasteiger partial charge in [-0.15, -0.1) is 0 Å². The average Bonchev–Trinajstić information content (AvgIpc) is 2.47. The molecule has 0 fully saturated rings. The Morgan fingerprint density at radius 3 is 2.70 bits per heavy atom. The van der Waals surface area contributed by atoms with E-state index in [-0.39, 0.29) is 11.4 Å². The van der Waals surface area contributed by atoms with Crippen LogP contribution in [-0.2, 0) is 0 Å². The molecule has 0 saturated carbocycles. The van der Waals surface area contributed by atoms with Crippen molar-refractivity contribution in [1.82, 2.24) is 0 Å². The molecule has 0 bridgehead atoms. The van der Waals surface area contributed by atoms with Crippen molar-refractivity contribution in [2.24, 2.45) is 5.92 Å². The Morgan fingerprint density at radius 1 is 1.40 bits per heavy atom. The maximum atomic E-state index is 10.9. The zero-order valence-corrected chi connectivity index (χ0v) is 12.0. The van der Waals surface area contributed by atoms with Crippen LogP contribution in [0.3, 0.4) is 0 Å². The van der Waals surface area contributed by atoms with Crippen LogP contribution in [-0.4, -0.2) is 17.8 Å². The number of unbranched alkanes of at least 4 members (excludes halogenated alkanes) is 1. The molecule has 1 aromatic rings. The second-order valence-corrected chi connectivity index (χ2v) is 4.83. The lowest BCUT2D eigenvalue weighted by Crippen LogP contribution is -2.12. The lowest BCUT2D eigenvalue weighted by molar-refractivity contribution is -0.385. The zero-order chi connectivity index (χ0) is 15.0. The molecule has 20 heavy (non-hydrogen) atoms. The maximum Gasteiger partial charge on any atom is 0.310 e. The number of nitro benzene ring substituents is 1. The average molecular weight is 279 g/mol. The zero-order valence-electron chi connectivity index (χ0n) is 12.0. The van der Waals surface area contributed by atoms with Gasteiger partial charge < -0.3 is 4.74 Å². The second-order valence-electron chi connectivity index (χ2n) is 4.83. The molecule has 5 nitrogen and oxygen atoms in total. The van der Waals surface area contributed by atoms with Crippen molar-refractivity contribution < 1.29 is 14.5 Å². The highest BCUT2D eigenvalue weighted by Crippen LogP contribution is 2.28. The van der Waals surface area contributed by atoms with Crippen LogP contribution in [0.25, 0.3) is 0 Å². The van der Waals surface area contributed by atoms with Crippen molar-refractivity contribution >= 4 is 12.0 Å². The van der Waals surface area contributed by atoms with E-state index in [2.05, 4.69) is 13.8 Å². The van der Waals surface area contributed by atoms with E-state index < -0.39 is 4.92 Å². The first-order valence-corrected chi connectivity index (χ1v) is 6.98. The summed E-state index contributed by atoms with van der Waals surface area (Å²) in [5, 5.41) is 10.9. The quantitative estimate of drug-likeness (QED) is 0.389. The number of nitrogens with zero attached hydrogens (tertiary/aromatic N) is 1. The van der Waals surface area contributed by atoms with Gasteiger partial charge in [-0.1, -0.05) is 33.1 Å². The first-order chi connectivity index (χ1) is 9.62. The van der Waals surface area contributed by atoms with E-state index in [4.69, 9.17) is 4.74 Å². The number of nitro groups is 1. The molecule has 1 unspecified atom stereocenters. The topological polar surface area (TPSA) is 69.4 Å². The van der Waals surface area contributed by atoms with Gasteiger partial charge in [0.15, 0.2) is 5.75 Å². The Balaban J connectivity index is 2.78. The molecule has 0 spiro atoms. The fraction of sp³-hybridized carbons (Fsp3) is 0.533. The number of hydrogen-bond donors (Lipinski definition) is 0. The number of hydrogen-bond acceptors (Lipinski definition) is 4. The largest absolute Gasteiger partial charge is 0.487 e. The van der Waals surface area contributed by atoms with Crippen LogP contribution in [0.2, 0.25) is 0 Å². The standard InChI is InChI=1S/C15H21NO4/c1-3-5-6-12(4-2)11-20-15-9-13(10-17)7-8-14(15)16(18)19/h7-10,12H,3-6,11H2,1-2H3. The van der Waals surface area contributed by atoms with Crippen LogP contribution in [0.4, 0.5) is 5.69 Å². The van der Waals surface area contributed by atoms with Crippen molar-refractivity contribution in [2.75, 3.05) is 6.61 Å². The van der Waals surface area contributed by atoms with E-state index >= 15 is 0 Å². The lowest BCUT2D eigenvalue weighted by atomic mass is 10.0. The van der Waals surface area contributed by atoms with E-state index in [1.165, 1.54) is 18.2 Å². The van der Waals surface area contributed by atoms with Gasteiger partial charge in [-0.25, -0.2) is 0 Å². The molecule has 0 aliphatic heterocycles. The van der Waals surface area contributed by atoms with Crippen LogP contribution < -0.4 is 4.74 Å². The minimum absolute atomic E-state index is 0.0963. The Morgan fingerprint density at radius 2 is 2.15 bits per heavy atom. The first kappa shape index (κ1) is 16.1. The van der Waals surface area contributed by atoms with E-state index in [9.17, 15) is 14.9 Å². The summed E-state index contributed by atoms with van der Waals surface area (Å²) in [4.78, 5) is 21.2. The molecular formula is C15H21NO4. The fourth-order valence-corrected chi connectivity index (χ4v) is 1.98. The highest BCUT2D eigenvalue weighted by Gasteiger charge is 2.17. The van der Waals surface area contributed by atoms with Gasteiger partial charge in [-0.2, -0.15) is 0 Å². The molecule has 0 saturated heterocycles. The highest BCUT2D eigenvalue weighted by atomic mass is 16.6. The predicted octanol–water partition coefficient (Wildman–Crippen LogP) is 4.00. The third-order valence-corrected chi connectivity index (χ3v) is 3.33. The molecule has 110 valence electrons. The Kier molecular flexibility index (Phi) is 6.70. The van der Waals surface area contributed by atoms with E-state index in [1.54, 1.807) is 0 Å². The van der Waals surface area contributed by atoms with Crippen molar-refractivity contribution in [3.8, 4) is 5.75 Å². The molecule has 5 heteroatoms. The van der Waals surface area contributed by atoms with Crippen LogP contribution in [0.5, 0.6) is 5.75 Å². The minimum atomic E-state index is -0.489. The molecule has 0 aromatic heterocycles. The normalized spacial score (nSPS) is 11.9. The van der Waals surface area contributed by atoms with E-state index in [0.29, 0.717) is 24.4 Å². The molecule has 0 radical (unpaired) electrons. The van der Waals surface area contributed by atoms with Crippen molar-refractivity contribution in [2.45, 2.75) is 39.5 Å². The van der Waals surface area contributed by atoms with Crippen LogP contribution in [0.15, 0.2) is 18.2 Å². The summed E-state index contributed by atoms with van der Waals surface area (Å²) in [6.45, 7) is 4.66.